The number of alkyl halides is 1. The molecule has 3 heteroatoms. The summed E-state index contributed by atoms with van der Waals surface area (Å²) in [4.78, 5) is 11.4. The maximum Gasteiger partial charge on any atom is 0.224 e. The van der Waals surface area contributed by atoms with Crippen molar-refractivity contribution < 1.29 is 4.79 Å². The molecule has 0 unspecified atom stereocenters. The summed E-state index contributed by atoms with van der Waals surface area (Å²) in [6.07, 6.45) is 2.88. The maximum absolute atomic E-state index is 11.4. The molecule has 15 heavy (non-hydrogen) atoms. The molecule has 0 radical (unpaired) electrons. The normalized spacial score (nSPS) is 9.67. The van der Waals surface area contributed by atoms with Gasteiger partial charge in [-0.05, 0) is 18.1 Å². The predicted molar refractivity (Wildman–Crippen MR) is 64.1 cm³/mol. The fraction of sp³-hybridized carbons (Fsp3) is 0.250. The standard InChI is InChI=1S/C12H14ClNO/c1-2-3-8-12(15)14-11-7-5-4-6-10(11)9-13/h2,4-7H,1,3,8-9H2,(H,14,15). The van der Waals surface area contributed by atoms with Gasteiger partial charge in [0.25, 0.3) is 0 Å². The smallest absolute Gasteiger partial charge is 0.224 e. The number of carbonyl (C=O) groups is 1. The summed E-state index contributed by atoms with van der Waals surface area (Å²) < 4.78 is 0. The molecule has 1 aromatic carbocycles. The fourth-order valence-electron chi connectivity index (χ4n) is 1.20. The summed E-state index contributed by atoms with van der Waals surface area (Å²) in [5.74, 6) is 0.394. The van der Waals surface area contributed by atoms with Gasteiger partial charge < -0.3 is 5.32 Å². The van der Waals surface area contributed by atoms with Crippen LogP contribution in [0.2, 0.25) is 0 Å². The van der Waals surface area contributed by atoms with E-state index in [1.165, 1.54) is 0 Å². The number of hydrogen-bond donors (Lipinski definition) is 1. The number of nitrogens with one attached hydrogen (secondary N) is 1. The van der Waals surface area contributed by atoms with Gasteiger partial charge in [-0.2, -0.15) is 0 Å². The highest BCUT2D eigenvalue weighted by molar-refractivity contribution is 6.17. The van der Waals surface area contributed by atoms with Crippen molar-refractivity contribution in [3.8, 4) is 0 Å². The Balaban J connectivity index is 2.63. The van der Waals surface area contributed by atoms with Crippen molar-refractivity contribution in [2.24, 2.45) is 0 Å². The Hall–Kier alpha value is -1.28. The molecule has 0 fully saturated rings. The largest absolute Gasteiger partial charge is 0.326 e. The molecule has 2 nitrogen and oxygen atoms in total. The van der Waals surface area contributed by atoms with Crippen LogP contribution < -0.4 is 5.32 Å². The van der Waals surface area contributed by atoms with Gasteiger partial charge in [0.1, 0.15) is 0 Å². The zero-order chi connectivity index (χ0) is 11.1. The van der Waals surface area contributed by atoms with Crippen molar-refractivity contribution in [2.75, 3.05) is 5.32 Å². The third kappa shape index (κ3) is 3.76. The number of amides is 1. The lowest BCUT2D eigenvalue weighted by molar-refractivity contribution is -0.116. The van der Waals surface area contributed by atoms with Crippen molar-refractivity contribution in [1.82, 2.24) is 0 Å². The molecular weight excluding hydrogens is 210 g/mol. The van der Waals surface area contributed by atoms with Gasteiger partial charge in [-0.3, -0.25) is 4.79 Å². The monoisotopic (exact) mass is 223 g/mol. The number of carbonyl (C=O) groups excluding carboxylic acids is 1. The molecule has 1 rings (SSSR count). The lowest BCUT2D eigenvalue weighted by Crippen LogP contribution is -2.11. The van der Waals surface area contributed by atoms with Crippen LogP contribution in [0.4, 0.5) is 5.69 Å². The number of hydrogen-bond acceptors (Lipinski definition) is 1. The van der Waals surface area contributed by atoms with E-state index < -0.39 is 0 Å². The highest BCUT2D eigenvalue weighted by atomic mass is 35.5. The quantitative estimate of drug-likeness (QED) is 0.602. The Morgan fingerprint density at radius 2 is 2.20 bits per heavy atom. The second-order valence-electron chi connectivity index (χ2n) is 3.17. The van der Waals surface area contributed by atoms with Gasteiger partial charge in [-0.15, -0.1) is 18.2 Å². The first-order chi connectivity index (χ1) is 7.27. The third-order valence-corrected chi connectivity index (χ3v) is 2.30. The van der Waals surface area contributed by atoms with Crippen LogP contribution in [0, 0.1) is 0 Å². The summed E-state index contributed by atoms with van der Waals surface area (Å²) >= 11 is 5.75. The van der Waals surface area contributed by atoms with Crippen LogP contribution >= 0.6 is 11.6 Å². The lowest BCUT2D eigenvalue weighted by Gasteiger charge is -2.08. The number of benzene rings is 1. The highest BCUT2D eigenvalue weighted by Crippen LogP contribution is 2.17. The Morgan fingerprint density at radius 1 is 1.47 bits per heavy atom. The Labute approximate surface area is 94.9 Å². The Morgan fingerprint density at radius 3 is 2.87 bits per heavy atom. The fourth-order valence-corrected chi connectivity index (χ4v) is 1.44. The van der Waals surface area contributed by atoms with Gasteiger partial charge in [-0.25, -0.2) is 0 Å². The van der Waals surface area contributed by atoms with Crippen molar-refractivity contribution in [2.45, 2.75) is 18.7 Å². The number of rotatable bonds is 5. The van der Waals surface area contributed by atoms with E-state index in [2.05, 4.69) is 11.9 Å². The minimum atomic E-state index is -0.00698. The van der Waals surface area contributed by atoms with E-state index in [1.54, 1.807) is 6.08 Å². The van der Waals surface area contributed by atoms with Gasteiger partial charge in [0.15, 0.2) is 0 Å². The molecule has 1 N–H and O–H groups in total. The molecule has 0 atom stereocenters. The van der Waals surface area contributed by atoms with E-state index in [9.17, 15) is 4.79 Å². The zero-order valence-electron chi connectivity index (χ0n) is 8.50. The maximum atomic E-state index is 11.4. The first-order valence-electron chi connectivity index (χ1n) is 4.82. The number of allylic oxidation sites excluding steroid dienone is 1. The molecular formula is C12H14ClNO. The van der Waals surface area contributed by atoms with Crippen molar-refractivity contribution in [3.63, 3.8) is 0 Å². The zero-order valence-corrected chi connectivity index (χ0v) is 9.26. The van der Waals surface area contributed by atoms with Crippen LogP contribution in [0.25, 0.3) is 0 Å². The first-order valence-corrected chi connectivity index (χ1v) is 5.36. The van der Waals surface area contributed by atoms with E-state index in [0.717, 1.165) is 11.3 Å². The number of halogens is 1. The molecule has 0 heterocycles. The Kier molecular flexibility index (Phi) is 4.91. The summed E-state index contributed by atoms with van der Waals surface area (Å²) in [6, 6.07) is 7.52. The summed E-state index contributed by atoms with van der Waals surface area (Å²) in [7, 11) is 0. The lowest BCUT2D eigenvalue weighted by atomic mass is 10.2. The second kappa shape index (κ2) is 6.25. The van der Waals surface area contributed by atoms with Gasteiger partial charge in [0.05, 0.1) is 0 Å². The van der Waals surface area contributed by atoms with Gasteiger partial charge >= 0.3 is 0 Å². The van der Waals surface area contributed by atoms with E-state index >= 15 is 0 Å². The summed E-state index contributed by atoms with van der Waals surface area (Å²) in [6.45, 7) is 3.57. The predicted octanol–water partition coefficient (Wildman–Crippen LogP) is 3.33. The molecule has 0 saturated carbocycles. The van der Waals surface area contributed by atoms with Gasteiger partial charge in [0, 0.05) is 18.0 Å². The second-order valence-corrected chi connectivity index (χ2v) is 3.43. The van der Waals surface area contributed by atoms with E-state index in [4.69, 9.17) is 11.6 Å². The number of para-hydroxylation sites is 1. The molecule has 0 saturated heterocycles. The van der Waals surface area contributed by atoms with E-state index in [1.807, 2.05) is 24.3 Å². The van der Waals surface area contributed by atoms with Crippen LogP contribution in [0.3, 0.4) is 0 Å². The molecule has 0 aromatic heterocycles. The first kappa shape index (κ1) is 11.8. The van der Waals surface area contributed by atoms with Gasteiger partial charge in [-0.1, -0.05) is 24.3 Å². The van der Waals surface area contributed by atoms with Crippen LogP contribution in [0.1, 0.15) is 18.4 Å². The molecule has 0 aliphatic heterocycles. The topological polar surface area (TPSA) is 29.1 Å². The van der Waals surface area contributed by atoms with Crippen LogP contribution in [0.15, 0.2) is 36.9 Å². The van der Waals surface area contributed by atoms with Crippen molar-refractivity contribution in [3.05, 3.63) is 42.5 Å². The minimum Gasteiger partial charge on any atom is -0.326 e. The van der Waals surface area contributed by atoms with Crippen molar-refractivity contribution >= 4 is 23.2 Å². The van der Waals surface area contributed by atoms with E-state index in [0.29, 0.717) is 18.7 Å². The van der Waals surface area contributed by atoms with Crippen LogP contribution in [0.5, 0.6) is 0 Å². The third-order valence-electron chi connectivity index (χ3n) is 2.01. The molecule has 0 aliphatic rings. The van der Waals surface area contributed by atoms with Crippen LogP contribution in [-0.2, 0) is 10.7 Å². The molecule has 1 amide bonds. The molecule has 0 bridgehead atoms. The van der Waals surface area contributed by atoms with Gasteiger partial charge in [0.2, 0.25) is 5.91 Å². The average molecular weight is 224 g/mol. The highest BCUT2D eigenvalue weighted by Gasteiger charge is 2.04. The summed E-state index contributed by atoms with van der Waals surface area (Å²) in [5.41, 5.74) is 1.73. The molecule has 0 aliphatic carbocycles. The molecule has 1 aromatic rings. The number of anilines is 1. The molecule has 80 valence electrons. The summed E-state index contributed by atoms with van der Waals surface area (Å²) in [5, 5.41) is 2.83. The van der Waals surface area contributed by atoms with E-state index in [-0.39, 0.29) is 5.91 Å². The minimum absolute atomic E-state index is 0.00698. The van der Waals surface area contributed by atoms with Crippen molar-refractivity contribution in [1.29, 1.82) is 0 Å². The average Bonchev–Trinajstić information content (AvgIpc) is 2.27. The molecule has 0 spiro atoms. The van der Waals surface area contributed by atoms with Crippen LogP contribution in [-0.4, -0.2) is 5.91 Å². The SMILES string of the molecule is C=CCCC(=O)Nc1ccccc1CCl. The Bertz CT molecular complexity index is 349.